The highest BCUT2D eigenvalue weighted by molar-refractivity contribution is 7.99. The zero-order valence-corrected chi connectivity index (χ0v) is 26.6. The highest BCUT2D eigenvalue weighted by Crippen LogP contribution is 2.19. The van der Waals surface area contributed by atoms with E-state index in [1.807, 2.05) is 72.8 Å². The van der Waals surface area contributed by atoms with Crippen LogP contribution in [0, 0.1) is 0 Å². The van der Waals surface area contributed by atoms with Crippen molar-refractivity contribution in [1.29, 1.82) is 0 Å². The number of allylic oxidation sites excluding steroid dienone is 8. The molecule has 0 saturated carbocycles. The maximum atomic E-state index is 4.19. The van der Waals surface area contributed by atoms with Gasteiger partial charge in [0, 0.05) is 19.2 Å². The predicted octanol–water partition coefficient (Wildman–Crippen LogP) is 10.1. The molecule has 204 valence electrons. The van der Waals surface area contributed by atoms with E-state index in [0.29, 0.717) is 0 Å². The summed E-state index contributed by atoms with van der Waals surface area (Å²) in [5.74, 6) is 0. The maximum absolute atomic E-state index is 4.19. The molecule has 0 aromatic carbocycles. The van der Waals surface area contributed by atoms with Gasteiger partial charge in [-0.2, -0.15) is 11.8 Å². The van der Waals surface area contributed by atoms with Gasteiger partial charge in [0.05, 0.1) is 0 Å². The van der Waals surface area contributed by atoms with Crippen molar-refractivity contribution in [3.63, 3.8) is 0 Å². The molecule has 0 fully saturated rings. The summed E-state index contributed by atoms with van der Waals surface area (Å²) in [5, 5.41) is 6.72. The van der Waals surface area contributed by atoms with Gasteiger partial charge in [-0.3, -0.25) is 0 Å². The standard InChI is InChI=1S/C18H27N.C4H10S.C3H8.C2H7N.2C2H6/c1-7-10-15(4)12-13-17(9-3)16(5)14-18(19-6)11-8-2;1-4(2)5-3;2*1-3-2;2*1-2/h7-8,11-13,19H,1-2,5,9-10,14H2,3-4,6H3;4H,1-3H3;3H2,1-2H3;3H,1-2H3;2*1-2H3/b15-12?,17-13+,18-11-;;;;;. The normalized spacial score (nSPS) is 10.1. The Balaban J connectivity index is -0.000000107. The van der Waals surface area contributed by atoms with Gasteiger partial charge in [-0.25, -0.2) is 0 Å². The molecule has 0 amide bonds. The Bertz CT molecular complexity index is 496. The van der Waals surface area contributed by atoms with E-state index < -0.39 is 0 Å². The van der Waals surface area contributed by atoms with E-state index in [1.54, 1.807) is 6.08 Å². The van der Waals surface area contributed by atoms with Crippen molar-refractivity contribution in [1.82, 2.24) is 10.6 Å². The molecule has 0 aliphatic carbocycles. The van der Waals surface area contributed by atoms with Gasteiger partial charge >= 0.3 is 0 Å². The molecule has 0 heterocycles. The van der Waals surface area contributed by atoms with Crippen LogP contribution in [0.2, 0.25) is 0 Å². The molecular formula is C31H64N2S. The SMILES string of the molecule is C=C/C=C(/CC(=C)/C(=C/C=C(C)CC=C)CC)NC.CC.CC.CCC.CNC.CSC(C)C. The minimum atomic E-state index is 0.801. The first-order valence-corrected chi connectivity index (χ1v) is 14.2. The highest BCUT2D eigenvalue weighted by Gasteiger charge is 2.02. The fraction of sp³-hybridized carbons (Fsp3) is 0.613. The first-order chi connectivity index (χ1) is 16.2. The molecule has 0 bridgehead atoms. The van der Waals surface area contributed by atoms with Crippen molar-refractivity contribution in [2.24, 2.45) is 0 Å². The average Bonchev–Trinajstić information content (AvgIpc) is 2.83. The van der Waals surface area contributed by atoms with Crippen molar-refractivity contribution in [3.05, 3.63) is 72.5 Å². The van der Waals surface area contributed by atoms with Crippen LogP contribution in [-0.4, -0.2) is 32.6 Å². The third-order valence-electron chi connectivity index (χ3n) is 3.39. The van der Waals surface area contributed by atoms with Crippen molar-refractivity contribution in [2.75, 3.05) is 27.4 Å². The molecule has 0 spiro atoms. The molecule has 0 unspecified atom stereocenters. The van der Waals surface area contributed by atoms with Gasteiger partial charge in [-0.15, -0.1) is 6.58 Å². The molecular weight excluding hydrogens is 432 g/mol. The van der Waals surface area contributed by atoms with Gasteiger partial charge in [-0.1, -0.05) is 112 Å². The van der Waals surface area contributed by atoms with Crippen LogP contribution in [-0.2, 0) is 0 Å². The maximum Gasteiger partial charge on any atom is 0.0148 e. The van der Waals surface area contributed by atoms with Gasteiger partial charge in [-0.05, 0) is 62.6 Å². The Labute approximate surface area is 222 Å². The molecule has 0 aliphatic rings. The quantitative estimate of drug-likeness (QED) is 0.232. The van der Waals surface area contributed by atoms with E-state index in [2.05, 4.69) is 90.3 Å². The topological polar surface area (TPSA) is 24.1 Å². The minimum Gasteiger partial charge on any atom is -0.391 e. The first kappa shape index (κ1) is 46.0. The van der Waals surface area contributed by atoms with E-state index in [4.69, 9.17) is 0 Å². The van der Waals surface area contributed by atoms with Gasteiger partial charge in [0.15, 0.2) is 0 Å². The largest absolute Gasteiger partial charge is 0.391 e. The number of nitrogens with one attached hydrogen (secondary N) is 2. The lowest BCUT2D eigenvalue weighted by molar-refractivity contribution is 0.907. The van der Waals surface area contributed by atoms with E-state index in [9.17, 15) is 0 Å². The summed E-state index contributed by atoms with van der Waals surface area (Å²) >= 11 is 1.88. The molecule has 2 nitrogen and oxygen atoms in total. The van der Waals surface area contributed by atoms with Crippen LogP contribution >= 0.6 is 11.8 Å². The lowest BCUT2D eigenvalue weighted by Crippen LogP contribution is -2.06. The lowest BCUT2D eigenvalue weighted by Gasteiger charge is -2.11. The number of hydrogen-bond donors (Lipinski definition) is 2. The summed E-state index contributed by atoms with van der Waals surface area (Å²) in [6, 6.07) is 0. The molecule has 0 atom stereocenters. The monoisotopic (exact) mass is 496 g/mol. The average molecular weight is 497 g/mol. The van der Waals surface area contributed by atoms with Gasteiger partial charge in [0.25, 0.3) is 0 Å². The van der Waals surface area contributed by atoms with Crippen molar-refractivity contribution < 1.29 is 0 Å². The molecule has 0 aliphatic heterocycles. The van der Waals surface area contributed by atoms with Crippen molar-refractivity contribution >= 4 is 11.8 Å². The van der Waals surface area contributed by atoms with Gasteiger partial charge in [0.2, 0.25) is 0 Å². The predicted molar refractivity (Wildman–Crippen MR) is 170 cm³/mol. The second kappa shape index (κ2) is 45.1. The summed E-state index contributed by atoms with van der Waals surface area (Å²) in [5.41, 5.74) is 4.87. The highest BCUT2D eigenvalue weighted by atomic mass is 32.2. The lowest BCUT2D eigenvalue weighted by atomic mass is 9.99. The zero-order chi connectivity index (χ0) is 28.4. The van der Waals surface area contributed by atoms with Crippen LogP contribution in [0.4, 0.5) is 0 Å². The van der Waals surface area contributed by atoms with Gasteiger partial charge in [0.1, 0.15) is 0 Å². The summed E-state index contributed by atoms with van der Waals surface area (Å²) in [6.07, 6.45) is 16.1. The molecule has 0 saturated heterocycles. The third-order valence-corrected chi connectivity index (χ3v) is 4.33. The molecule has 0 aromatic heterocycles. The fourth-order valence-electron chi connectivity index (χ4n) is 1.74. The number of rotatable bonds is 10. The second-order valence-electron chi connectivity index (χ2n) is 7.00. The number of thioether (sulfide) groups is 1. The summed E-state index contributed by atoms with van der Waals surface area (Å²) in [7, 11) is 5.67. The Morgan fingerprint density at radius 2 is 1.32 bits per heavy atom. The first-order valence-electron chi connectivity index (χ1n) is 12.9. The summed E-state index contributed by atoms with van der Waals surface area (Å²) < 4.78 is 0. The number of hydrogen-bond acceptors (Lipinski definition) is 3. The summed E-state index contributed by atoms with van der Waals surface area (Å²) in [4.78, 5) is 0. The fourth-order valence-corrected chi connectivity index (χ4v) is 1.74. The molecule has 34 heavy (non-hydrogen) atoms. The van der Waals surface area contributed by atoms with E-state index in [-0.39, 0.29) is 0 Å². The van der Waals surface area contributed by atoms with Crippen molar-refractivity contribution in [3.8, 4) is 0 Å². The van der Waals surface area contributed by atoms with E-state index in [1.165, 1.54) is 17.6 Å². The smallest absolute Gasteiger partial charge is 0.0148 e. The van der Waals surface area contributed by atoms with Crippen molar-refractivity contribution in [2.45, 2.75) is 100 Å². The van der Waals surface area contributed by atoms with Crippen LogP contribution in [0.5, 0.6) is 0 Å². The van der Waals surface area contributed by atoms with E-state index >= 15 is 0 Å². The summed E-state index contributed by atoms with van der Waals surface area (Å²) in [6.45, 7) is 32.6. The third kappa shape index (κ3) is 48.1. The van der Waals surface area contributed by atoms with Crippen LogP contribution in [0.25, 0.3) is 0 Å². The molecule has 3 heteroatoms. The molecule has 0 rings (SSSR count). The minimum absolute atomic E-state index is 0.801. The molecule has 0 radical (unpaired) electrons. The molecule has 2 N–H and O–H groups in total. The Kier molecular flexibility index (Phi) is 61.0. The van der Waals surface area contributed by atoms with Crippen LogP contribution in [0.1, 0.15) is 94.9 Å². The van der Waals surface area contributed by atoms with Crippen LogP contribution in [0.15, 0.2) is 72.5 Å². The Morgan fingerprint density at radius 1 is 0.912 bits per heavy atom. The van der Waals surface area contributed by atoms with Gasteiger partial charge < -0.3 is 10.6 Å². The van der Waals surface area contributed by atoms with E-state index in [0.717, 1.165) is 35.8 Å². The molecule has 0 aromatic rings. The Hall–Kier alpha value is -1.45. The second-order valence-corrected chi connectivity index (χ2v) is 8.41. The van der Waals surface area contributed by atoms with Crippen LogP contribution < -0.4 is 10.6 Å². The van der Waals surface area contributed by atoms with Crippen LogP contribution in [0.3, 0.4) is 0 Å². The Morgan fingerprint density at radius 3 is 1.59 bits per heavy atom. The zero-order valence-electron chi connectivity index (χ0n) is 25.8.